The van der Waals surface area contributed by atoms with Crippen LogP contribution in [0.2, 0.25) is 0 Å². The SMILES string of the molecule is C[C@]12CC[C@H]3[C@@]4(C=C[C@@]5(C=C4C(=O)c4ccco4)C[C@@H](O)CC[C@]35C)[C@@H]1CC[C@@]21CN(CCc2cccs2)C(=O)O1. The first-order chi connectivity index (χ1) is 19.7. The van der Waals surface area contributed by atoms with E-state index >= 15 is 0 Å². The number of hydrogen-bond donors (Lipinski definition) is 1. The van der Waals surface area contributed by atoms with Gasteiger partial charge in [-0.3, -0.25) is 4.79 Å². The number of thiophene rings is 1. The number of rotatable bonds is 5. The Labute approximate surface area is 245 Å². The summed E-state index contributed by atoms with van der Waals surface area (Å²) in [7, 11) is 0. The maximum Gasteiger partial charge on any atom is 0.410 e. The summed E-state index contributed by atoms with van der Waals surface area (Å²) in [5.74, 6) is 0.803. The van der Waals surface area contributed by atoms with Gasteiger partial charge < -0.3 is 19.2 Å². The Hall–Kier alpha value is -2.64. The Balaban J connectivity index is 1.21. The smallest absolute Gasteiger partial charge is 0.410 e. The fourth-order valence-corrected chi connectivity index (χ4v) is 11.5. The molecule has 216 valence electrons. The number of carbonyl (C=O) groups excluding carboxylic acids is 2. The summed E-state index contributed by atoms with van der Waals surface area (Å²) in [6.45, 7) is 6.05. The summed E-state index contributed by atoms with van der Waals surface area (Å²) in [4.78, 5) is 30.9. The number of hydrogen-bond acceptors (Lipinski definition) is 6. The lowest BCUT2D eigenvalue weighted by Crippen LogP contribution is -2.67. The monoisotopic (exact) mass is 573 g/mol. The largest absolute Gasteiger partial charge is 0.461 e. The fourth-order valence-electron chi connectivity index (χ4n) is 10.8. The number of ketones is 1. The van der Waals surface area contributed by atoms with Crippen molar-refractivity contribution in [2.24, 2.45) is 33.5 Å². The number of furan rings is 1. The van der Waals surface area contributed by atoms with Crippen LogP contribution in [0.3, 0.4) is 0 Å². The van der Waals surface area contributed by atoms with Gasteiger partial charge in [0, 0.05) is 33.2 Å². The summed E-state index contributed by atoms with van der Waals surface area (Å²) in [6.07, 6.45) is 14.9. The third-order valence-electron chi connectivity index (χ3n) is 12.9. The predicted molar refractivity (Wildman–Crippen MR) is 155 cm³/mol. The van der Waals surface area contributed by atoms with Gasteiger partial charge in [0.05, 0.1) is 18.9 Å². The molecule has 0 unspecified atom stereocenters. The Morgan fingerprint density at radius 2 is 1.88 bits per heavy atom. The molecule has 1 amide bonds. The van der Waals surface area contributed by atoms with Crippen molar-refractivity contribution in [1.29, 1.82) is 0 Å². The zero-order valence-electron chi connectivity index (χ0n) is 23.9. The van der Waals surface area contributed by atoms with Gasteiger partial charge in [-0.25, -0.2) is 4.79 Å². The molecule has 3 spiro atoms. The molecule has 7 aliphatic rings. The van der Waals surface area contributed by atoms with Crippen LogP contribution in [0.4, 0.5) is 4.79 Å². The number of ether oxygens (including phenoxy) is 1. The Kier molecular flexibility index (Phi) is 5.38. The number of carbonyl (C=O) groups is 2. The van der Waals surface area contributed by atoms with Crippen molar-refractivity contribution in [3.63, 3.8) is 0 Å². The highest BCUT2D eigenvalue weighted by Crippen LogP contribution is 2.79. The first kappa shape index (κ1) is 26.0. The van der Waals surface area contributed by atoms with Crippen LogP contribution in [0.15, 0.2) is 64.1 Å². The van der Waals surface area contributed by atoms with Crippen LogP contribution in [-0.2, 0) is 11.2 Å². The number of aliphatic hydroxyl groups is 1. The van der Waals surface area contributed by atoms with Crippen molar-refractivity contribution in [3.8, 4) is 0 Å². The third-order valence-corrected chi connectivity index (χ3v) is 13.8. The van der Waals surface area contributed by atoms with E-state index in [0.29, 0.717) is 25.3 Å². The molecule has 1 saturated heterocycles. The van der Waals surface area contributed by atoms with Crippen molar-refractivity contribution in [3.05, 3.63) is 70.3 Å². The van der Waals surface area contributed by atoms with E-state index in [1.54, 1.807) is 29.7 Å². The van der Waals surface area contributed by atoms with Crippen LogP contribution in [0.5, 0.6) is 0 Å². The second-order valence-corrected chi connectivity index (χ2v) is 15.2. The summed E-state index contributed by atoms with van der Waals surface area (Å²) in [5.41, 5.74) is -0.784. The standard InChI is InChI=1S/C34H39NO5S/c1-30-11-7-22(36)19-32(30)14-15-34(24(20-32)28(37)25-6-3-17-39-25)26(30)8-12-31(2)27(34)9-13-33(31)21-35(29(38)40-33)16-10-23-5-4-18-41-23/h3-6,14-15,17-18,20,22,26-27,36H,7-13,16,19,21H2,1-2H3/t22-,26+,27+,30+,31-,32-,33+,34-/m0/s1. The number of allylic oxidation sites excluding steroid dienone is 4. The second kappa shape index (κ2) is 8.47. The van der Waals surface area contributed by atoms with Crippen LogP contribution in [0.1, 0.15) is 74.2 Å². The number of nitrogens with zero attached hydrogens (tertiary/aromatic N) is 1. The lowest BCUT2D eigenvalue weighted by Gasteiger charge is -2.71. The molecule has 1 aliphatic heterocycles. The maximum absolute atomic E-state index is 14.3. The van der Waals surface area contributed by atoms with Gasteiger partial charge in [0.2, 0.25) is 5.78 Å². The van der Waals surface area contributed by atoms with E-state index in [0.717, 1.165) is 50.5 Å². The van der Waals surface area contributed by atoms with Crippen molar-refractivity contribution in [1.82, 2.24) is 4.90 Å². The van der Waals surface area contributed by atoms with Gasteiger partial charge in [0.25, 0.3) is 0 Å². The molecule has 0 aromatic carbocycles. The summed E-state index contributed by atoms with van der Waals surface area (Å²) in [6, 6.07) is 7.74. The van der Waals surface area contributed by atoms with Gasteiger partial charge in [-0.05, 0) is 92.2 Å². The van der Waals surface area contributed by atoms with E-state index in [4.69, 9.17) is 9.15 Å². The zero-order chi connectivity index (χ0) is 28.3. The van der Waals surface area contributed by atoms with Gasteiger partial charge in [0.15, 0.2) is 5.76 Å². The van der Waals surface area contributed by atoms with Gasteiger partial charge in [-0.2, -0.15) is 0 Å². The zero-order valence-corrected chi connectivity index (χ0v) is 24.8. The van der Waals surface area contributed by atoms with E-state index < -0.39 is 11.0 Å². The van der Waals surface area contributed by atoms with Crippen molar-refractivity contribution >= 4 is 23.2 Å². The fraction of sp³-hybridized carbons (Fsp3) is 0.588. The molecular weight excluding hydrogens is 534 g/mol. The normalized spacial score (nSPS) is 44.0. The molecular formula is C34H39NO5S. The lowest BCUT2D eigenvalue weighted by atomic mass is 9.32. The molecule has 9 rings (SSSR count). The molecule has 2 aromatic heterocycles. The quantitative estimate of drug-likeness (QED) is 0.314. The molecule has 1 N–H and O–H groups in total. The van der Waals surface area contributed by atoms with Gasteiger partial charge in [0.1, 0.15) is 5.60 Å². The number of fused-ring (bicyclic) bond motifs is 2. The molecule has 2 bridgehead atoms. The third kappa shape index (κ3) is 3.17. The van der Waals surface area contributed by atoms with E-state index in [1.807, 2.05) is 4.90 Å². The molecule has 0 radical (unpaired) electrons. The molecule has 8 atom stereocenters. The van der Waals surface area contributed by atoms with Crippen LogP contribution in [-0.4, -0.2) is 46.7 Å². The first-order valence-corrected chi connectivity index (χ1v) is 16.2. The number of amides is 1. The van der Waals surface area contributed by atoms with Crippen molar-refractivity contribution < 1.29 is 23.8 Å². The van der Waals surface area contributed by atoms with E-state index in [2.05, 4.69) is 49.6 Å². The van der Waals surface area contributed by atoms with E-state index in [9.17, 15) is 14.7 Å². The molecule has 2 aromatic rings. The average molecular weight is 574 g/mol. The van der Waals surface area contributed by atoms with E-state index in [1.165, 1.54) is 4.88 Å². The second-order valence-electron chi connectivity index (χ2n) is 14.2. The Bertz CT molecular complexity index is 1460. The first-order valence-electron chi connectivity index (χ1n) is 15.4. The van der Waals surface area contributed by atoms with E-state index in [-0.39, 0.29) is 46.1 Å². The highest BCUT2D eigenvalue weighted by atomic mass is 32.1. The van der Waals surface area contributed by atoms with Crippen molar-refractivity contribution in [2.75, 3.05) is 13.1 Å². The molecule has 7 heteroatoms. The average Bonchev–Trinajstić information content (AvgIpc) is 3.76. The van der Waals surface area contributed by atoms with Crippen molar-refractivity contribution in [2.45, 2.75) is 76.9 Å². The summed E-state index contributed by atoms with van der Waals surface area (Å²) in [5, 5.41) is 12.9. The molecule has 4 fully saturated rings. The lowest BCUT2D eigenvalue weighted by molar-refractivity contribution is -0.164. The Morgan fingerprint density at radius 1 is 1.07 bits per heavy atom. The minimum Gasteiger partial charge on any atom is -0.461 e. The van der Waals surface area contributed by atoms with Crippen LogP contribution in [0.25, 0.3) is 0 Å². The number of aliphatic hydroxyl groups excluding tert-OH is 1. The molecule has 3 heterocycles. The minimum absolute atomic E-state index is 0.0305. The topological polar surface area (TPSA) is 80.0 Å². The minimum atomic E-state index is -0.549. The maximum atomic E-state index is 14.3. The summed E-state index contributed by atoms with van der Waals surface area (Å²) >= 11 is 1.73. The molecule has 6 nitrogen and oxygen atoms in total. The van der Waals surface area contributed by atoms with Crippen LogP contribution < -0.4 is 0 Å². The van der Waals surface area contributed by atoms with Crippen LogP contribution in [0, 0.1) is 33.5 Å². The summed E-state index contributed by atoms with van der Waals surface area (Å²) < 4.78 is 12.2. The van der Waals surface area contributed by atoms with Crippen LogP contribution >= 0.6 is 11.3 Å². The highest BCUT2D eigenvalue weighted by molar-refractivity contribution is 7.09. The highest BCUT2D eigenvalue weighted by Gasteiger charge is 2.76. The molecule has 3 saturated carbocycles. The predicted octanol–water partition coefficient (Wildman–Crippen LogP) is 6.82. The number of Topliss-reactive ketones (excluding diaryl/α,β-unsaturated/α-hetero) is 1. The molecule has 6 aliphatic carbocycles. The van der Waals surface area contributed by atoms with Gasteiger partial charge in [-0.1, -0.05) is 38.1 Å². The van der Waals surface area contributed by atoms with Gasteiger partial charge in [-0.15, -0.1) is 11.3 Å². The van der Waals surface area contributed by atoms with Gasteiger partial charge >= 0.3 is 6.09 Å². The Morgan fingerprint density at radius 3 is 2.66 bits per heavy atom. The molecule has 41 heavy (non-hydrogen) atoms.